The van der Waals surface area contributed by atoms with Crippen molar-refractivity contribution in [1.82, 2.24) is 15.1 Å². The summed E-state index contributed by atoms with van der Waals surface area (Å²) in [5, 5.41) is 2.91. The van der Waals surface area contributed by atoms with Crippen LogP contribution in [0.1, 0.15) is 25.7 Å². The second kappa shape index (κ2) is 7.04. The van der Waals surface area contributed by atoms with Crippen LogP contribution in [0.3, 0.4) is 0 Å². The van der Waals surface area contributed by atoms with E-state index < -0.39 is 0 Å². The quantitative estimate of drug-likeness (QED) is 0.761. The smallest absolute Gasteiger partial charge is 0.239 e. The van der Waals surface area contributed by atoms with Crippen molar-refractivity contribution in [1.29, 1.82) is 0 Å². The highest BCUT2D eigenvalue weighted by molar-refractivity contribution is 5.83. The van der Waals surface area contributed by atoms with Crippen molar-refractivity contribution >= 4 is 11.8 Å². The van der Waals surface area contributed by atoms with Crippen LogP contribution in [0.5, 0.6) is 0 Å². The predicted octanol–water partition coefficient (Wildman–Crippen LogP) is -0.166. The molecule has 6 nitrogen and oxygen atoms in total. The van der Waals surface area contributed by atoms with Gasteiger partial charge in [0.1, 0.15) is 0 Å². The lowest BCUT2D eigenvalue weighted by molar-refractivity contribution is -0.134. The van der Waals surface area contributed by atoms with Crippen molar-refractivity contribution in [2.45, 2.75) is 37.8 Å². The van der Waals surface area contributed by atoms with E-state index in [1.165, 1.54) is 0 Å². The van der Waals surface area contributed by atoms with Crippen molar-refractivity contribution in [3.63, 3.8) is 0 Å². The Morgan fingerprint density at radius 2 is 2.10 bits per heavy atom. The van der Waals surface area contributed by atoms with Crippen LogP contribution in [0.4, 0.5) is 0 Å². The Morgan fingerprint density at radius 3 is 2.75 bits per heavy atom. The topological polar surface area (TPSA) is 61.9 Å². The lowest BCUT2D eigenvalue weighted by atomic mass is 10.2. The Kier molecular flexibility index (Phi) is 5.37. The summed E-state index contributed by atoms with van der Waals surface area (Å²) < 4.78 is 5.48. The third kappa shape index (κ3) is 3.93. The highest BCUT2D eigenvalue weighted by atomic mass is 16.5. The molecule has 1 N–H and O–H groups in total. The Bertz CT molecular complexity index is 354. The zero-order valence-electron chi connectivity index (χ0n) is 12.4. The standard InChI is InChI=1S/C14H25N3O3/c1-16(2)14(19)12-6-3-7-17(12)10-13(18)15-9-11-5-4-8-20-11/h11-12H,3-10H2,1-2H3,(H,15,18). The number of hydrogen-bond acceptors (Lipinski definition) is 4. The molecule has 0 aromatic carbocycles. The first-order chi connectivity index (χ1) is 9.58. The van der Waals surface area contributed by atoms with E-state index in [4.69, 9.17) is 4.74 Å². The van der Waals surface area contributed by atoms with E-state index in [-0.39, 0.29) is 24.0 Å². The van der Waals surface area contributed by atoms with E-state index in [1.807, 2.05) is 4.90 Å². The third-order valence-corrected chi connectivity index (χ3v) is 3.99. The summed E-state index contributed by atoms with van der Waals surface area (Å²) in [5.41, 5.74) is 0. The molecule has 2 unspecified atom stereocenters. The van der Waals surface area contributed by atoms with Crippen LogP contribution in [-0.4, -0.2) is 74.1 Å². The lowest BCUT2D eigenvalue weighted by Crippen LogP contribution is -2.47. The van der Waals surface area contributed by atoms with Gasteiger partial charge < -0.3 is 15.0 Å². The fourth-order valence-corrected chi connectivity index (χ4v) is 2.87. The number of rotatable bonds is 5. The van der Waals surface area contributed by atoms with Crippen molar-refractivity contribution in [2.24, 2.45) is 0 Å². The van der Waals surface area contributed by atoms with Crippen LogP contribution in [0.2, 0.25) is 0 Å². The number of carbonyl (C=O) groups is 2. The Hall–Kier alpha value is -1.14. The van der Waals surface area contributed by atoms with Crippen LogP contribution < -0.4 is 5.32 Å². The van der Waals surface area contributed by atoms with Gasteiger partial charge in [0.2, 0.25) is 11.8 Å². The summed E-state index contributed by atoms with van der Waals surface area (Å²) in [5.74, 6) is 0.0772. The van der Waals surface area contributed by atoms with E-state index in [1.54, 1.807) is 19.0 Å². The summed E-state index contributed by atoms with van der Waals surface area (Å²) in [6.45, 7) is 2.50. The molecule has 2 fully saturated rings. The largest absolute Gasteiger partial charge is 0.376 e. The van der Waals surface area contributed by atoms with Crippen LogP contribution >= 0.6 is 0 Å². The molecule has 20 heavy (non-hydrogen) atoms. The molecule has 2 aliphatic heterocycles. The van der Waals surface area contributed by atoms with Gasteiger partial charge in [-0.3, -0.25) is 14.5 Å². The molecule has 2 heterocycles. The van der Waals surface area contributed by atoms with Gasteiger partial charge in [-0.1, -0.05) is 0 Å². The van der Waals surface area contributed by atoms with Gasteiger partial charge in [0, 0.05) is 27.2 Å². The van der Waals surface area contributed by atoms with Gasteiger partial charge >= 0.3 is 0 Å². The fraction of sp³-hybridized carbons (Fsp3) is 0.857. The zero-order valence-corrected chi connectivity index (χ0v) is 12.4. The zero-order chi connectivity index (χ0) is 14.5. The molecule has 0 bridgehead atoms. The van der Waals surface area contributed by atoms with Gasteiger partial charge in [0.25, 0.3) is 0 Å². The molecular weight excluding hydrogens is 258 g/mol. The molecule has 0 spiro atoms. The highest BCUT2D eigenvalue weighted by Gasteiger charge is 2.32. The summed E-state index contributed by atoms with van der Waals surface area (Å²) in [6.07, 6.45) is 4.08. The molecule has 2 atom stereocenters. The number of nitrogens with zero attached hydrogens (tertiary/aromatic N) is 2. The first-order valence-electron chi connectivity index (χ1n) is 7.41. The van der Waals surface area contributed by atoms with E-state index in [0.29, 0.717) is 13.1 Å². The van der Waals surface area contributed by atoms with E-state index in [0.717, 1.165) is 38.8 Å². The van der Waals surface area contributed by atoms with Gasteiger partial charge in [-0.2, -0.15) is 0 Å². The van der Waals surface area contributed by atoms with Gasteiger partial charge in [-0.05, 0) is 32.2 Å². The van der Waals surface area contributed by atoms with Crippen molar-refractivity contribution in [2.75, 3.05) is 40.3 Å². The first kappa shape index (κ1) is 15.3. The van der Waals surface area contributed by atoms with Crippen LogP contribution in [0.25, 0.3) is 0 Å². The van der Waals surface area contributed by atoms with Crippen molar-refractivity contribution in [3.05, 3.63) is 0 Å². The van der Waals surface area contributed by atoms with Crippen LogP contribution in [0.15, 0.2) is 0 Å². The summed E-state index contributed by atoms with van der Waals surface area (Å²) in [7, 11) is 3.52. The minimum atomic E-state index is -0.140. The van der Waals surface area contributed by atoms with Crippen LogP contribution in [-0.2, 0) is 14.3 Å². The molecular formula is C14H25N3O3. The molecule has 0 radical (unpaired) electrons. The average Bonchev–Trinajstić information content (AvgIpc) is 3.06. The fourth-order valence-electron chi connectivity index (χ4n) is 2.87. The first-order valence-corrected chi connectivity index (χ1v) is 7.41. The number of likely N-dealkylation sites (N-methyl/N-ethyl adjacent to an activating group) is 1. The van der Waals surface area contributed by atoms with E-state index in [2.05, 4.69) is 5.32 Å². The number of likely N-dealkylation sites (tertiary alicyclic amines) is 1. The molecule has 0 aliphatic carbocycles. The molecule has 0 aromatic heterocycles. The molecule has 114 valence electrons. The second-order valence-electron chi connectivity index (χ2n) is 5.80. The molecule has 2 rings (SSSR count). The number of carbonyl (C=O) groups excluding carboxylic acids is 2. The summed E-state index contributed by atoms with van der Waals surface area (Å²) in [4.78, 5) is 27.6. The third-order valence-electron chi connectivity index (χ3n) is 3.99. The minimum Gasteiger partial charge on any atom is -0.376 e. The maximum absolute atomic E-state index is 12.0. The molecule has 0 saturated carbocycles. The SMILES string of the molecule is CN(C)C(=O)C1CCCN1CC(=O)NCC1CCCO1. The second-order valence-corrected chi connectivity index (χ2v) is 5.80. The Labute approximate surface area is 120 Å². The summed E-state index contributed by atoms with van der Waals surface area (Å²) in [6, 6.07) is -0.140. The van der Waals surface area contributed by atoms with Crippen molar-refractivity contribution in [3.8, 4) is 0 Å². The molecule has 2 saturated heterocycles. The lowest BCUT2D eigenvalue weighted by Gasteiger charge is -2.25. The maximum Gasteiger partial charge on any atom is 0.239 e. The van der Waals surface area contributed by atoms with Gasteiger partial charge in [-0.25, -0.2) is 0 Å². The van der Waals surface area contributed by atoms with Crippen LogP contribution in [0, 0.1) is 0 Å². The van der Waals surface area contributed by atoms with Gasteiger partial charge in [0.15, 0.2) is 0 Å². The average molecular weight is 283 g/mol. The minimum absolute atomic E-state index is 0.0149. The molecule has 2 amide bonds. The monoisotopic (exact) mass is 283 g/mol. The highest BCUT2D eigenvalue weighted by Crippen LogP contribution is 2.18. The Balaban J connectivity index is 1.76. The number of ether oxygens (including phenoxy) is 1. The molecule has 6 heteroatoms. The number of nitrogens with one attached hydrogen (secondary N) is 1. The molecule has 0 aromatic rings. The maximum atomic E-state index is 12.0. The number of hydrogen-bond donors (Lipinski definition) is 1. The van der Waals surface area contributed by atoms with Gasteiger partial charge in [0.05, 0.1) is 18.7 Å². The summed E-state index contributed by atoms with van der Waals surface area (Å²) >= 11 is 0. The predicted molar refractivity (Wildman–Crippen MR) is 75.3 cm³/mol. The van der Waals surface area contributed by atoms with E-state index in [9.17, 15) is 9.59 Å². The Morgan fingerprint density at radius 1 is 1.30 bits per heavy atom. The van der Waals surface area contributed by atoms with E-state index >= 15 is 0 Å². The van der Waals surface area contributed by atoms with Gasteiger partial charge in [-0.15, -0.1) is 0 Å². The molecule has 2 aliphatic rings. The normalized spacial score (nSPS) is 26.7. The van der Waals surface area contributed by atoms with Crippen molar-refractivity contribution < 1.29 is 14.3 Å². The number of amides is 2.